The van der Waals surface area contributed by atoms with Crippen LogP contribution in [0.1, 0.15) is 86.5 Å². The number of amides is 1. The van der Waals surface area contributed by atoms with E-state index in [1.54, 1.807) is 0 Å². The van der Waals surface area contributed by atoms with E-state index in [-0.39, 0.29) is 42.9 Å². The predicted molar refractivity (Wildman–Crippen MR) is 181 cm³/mol. The molecule has 2 aliphatic rings. The highest BCUT2D eigenvalue weighted by Gasteiger charge is 2.34. The van der Waals surface area contributed by atoms with Gasteiger partial charge in [0, 0.05) is 56.2 Å². The van der Waals surface area contributed by atoms with Gasteiger partial charge in [-0.05, 0) is 61.1 Å². The second kappa shape index (κ2) is 15.7. The van der Waals surface area contributed by atoms with E-state index in [2.05, 4.69) is 15.2 Å². The zero-order valence-electron chi connectivity index (χ0n) is 27.1. The number of fused-ring (bicyclic) bond motifs is 1. The summed E-state index contributed by atoms with van der Waals surface area (Å²) in [6.45, 7) is 2.38. The SMILES string of the molecule is O=C(O)CCCCCC(=O)Nc1cccc([C@@H]2O[C@H](CN3CCC(n4c(=O)[nH]c5ccccc54)CC3)C[C@H](c3ccc(CO)cc3)O2)c1. The Kier molecular flexibility index (Phi) is 11.0. The maximum absolute atomic E-state index is 12.8. The van der Waals surface area contributed by atoms with Crippen molar-refractivity contribution in [2.75, 3.05) is 25.0 Å². The summed E-state index contributed by atoms with van der Waals surface area (Å²) in [4.78, 5) is 41.5. The lowest BCUT2D eigenvalue weighted by molar-refractivity contribution is -0.253. The Morgan fingerprint density at radius 1 is 0.896 bits per heavy atom. The van der Waals surface area contributed by atoms with Gasteiger partial charge in [0.15, 0.2) is 6.29 Å². The van der Waals surface area contributed by atoms with Crippen molar-refractivity contribution in [3.63, 3.8) is 0 Å². The van der Waals surface area contributed by atoms with E-state index in [4.69, 9.17) is 14.6 Å². The molecule has 2 saturated heterocycles. The van der Waals surface area contributed by atoms with Crippen LogP contribution in [0, 0.1) is 0 Å². The number of carboxylic acid groups (broad SMARTS) is 1. The van der Waals surface area contributed by atoms with Gasteiger partial charge in [-0.25, -0.2) is 4.79 Å². The minimum Gasteiger partial charge on any atom is -0.481 e. The minimum atomic E-state index is -0.820. The Hall–Kier alpha value is -4.29. The van der Waals surface area contributed by atoms with Crippen LogP contribution in [0.25, 0.3) is 11.0 Å². The lowest BCUT2D eigenvalue weighted by Crippen LogP contribution is -2.43. The zero-order chi connectivity index (χ0) is 33.5. The van der Waals surface area contributed by atoms with E-state index in [9.17, 15) is 19.5 Å². The number of carboxylic acids is 1. The van der Waals surface area contributed by atoms with Crippen molar-refractivity contribution in [1.82, 2.24) is 14.5 Å². The molecule has 0 spiro atoms. The van der Waals surface area contributed by atoms with E-state index in [0.717, 1.165) is 60.2 Å². The number of carbonyl (C=O) groups is 2. The molecule has 3 atom stereocenters. The summed E-state index contributed by atoms with van der Waals surface area (Å²) in [5.74, 6) is -0.940. The number of benzene rings is 3. The molecule has 11 heteroatoms. The normalized spacial score (nSPS) is 20.6. The zero-order valence-corrected chi connectivity index (χ0v) is 27.1. The molecule has 3 heterocycles. The molecular formula is C37H44N4O7. The first-order valence-electron chi connectivity index (χ1n) is 16.9. The van der Waals surface area contributed by atoms with Gasteiger partial charge in [-0.3, -0.25) is 14.2 Å². The van der Waals surface area contributed by atoms with Crippen LogP contribution >= 0.6 is 0 Å². The fourth-order valence-electron chi connectivity index (χ4n) is 6.84. The van der Waals surface area contributed by atoms with E-state index >= 15 is 0 Å². The molecule has 6 rings (SSSR count). The average molecular weight is 657 g/mol. The van der Waals surface area contributed by atoms with Gasteiger partial charge in [0.1, 0.15) is 0 Å². The molecule has 0 radical (unpaired) electrons. The van der Waals surface area contributed by atoms with Crippen LogP contribution in [0.5, 0.6) is 0 Å². The first-order chi connectivity index (χ1) is 23.4. The number of hydrogen-bond acceptors (Lipinski definition) is 7. The molecule has 0 bridgehead atoms. The fourth-order valence-corrected chi connectivity index (χ4v) is 6.84. The van der Waals surface area contributed by atoms with Crippen LogP contribution in [-0.4, -0.2) is 62.3 Å². The number of rotatable bonds is 13. The number of para-hydroxylation sites is 2. The number of aromatic nitrogens is 2. The van der Waals surface area contributed by atoms with E-state index in [1.165, 1.54) is 0 Å². The number of aliphatic hydroxyl groups excluding tert-OH is 1. The topological polar surface area (TPSA) is 146 Å². The molecule has 1 amide bonds. The van der Waals surface area contributed by atoms with Crippen molar-refractivity contribution in [2.45, 2.75) is 82.5 Å². The number of imidazole rings is 1. The van der Waals surface area contributed by atoms with E-state index in [1.807, 2.05) is 77.4 Å². The Morgan fingerprint density at radius 2 is 1.67 bits per heavy atom. The Balaban J connectivity index is 1.11. The fraction of sp³-hybridized carbons (Fsp3) is 0.432. The Labute approximate surface area is 279 Å². The predicted octanol–water partition coefficient (Wildman–Crippen LogP) is 5.68. The third-order valence-electron chi connectivity index (χ3n) is 9.36. The summed E-state index contributed by atoms with van der Waals surface area (Å²) >= 11 is 0. The Bertz CT molecular complexity index is 1740. The number of nitrogens with one attached hydrogen (secondary N) is 2. The number of aliphatic hydroxyl groups is 1. The maximum Gasteiger partial charge on any atom is 0.326 e. The second-order valence-corrected chi connectivity index (χ2v) is 12.8. The summed E-state index contributed by atoms with van der Waals surface area (Å²) in [6, 6.07) is 23.3. The lowest BCUT2D eigenvalue weighted by Gasteiger charge is -2.40. The summed E-state index contributed by atoms with van der Waals surface area (Å²) in [5.41, 5.74) is 5.04. The Morgan fingerprint density at radius 3 is 2.44 bits per heavy atom. The van der Waals surface area contributed by atoms with Gasteiger partial charge in [0.05, 0.1) is 29.8 Å². The number of ether oxygens (including phenoxy) is 2. The van der Waals surface area contributed by atoms with Gasteiger partial charge in [-0.1, -0.05) is 55.0 Å². The molecule has 2 aliphatic heterocycles. The highest BCUT2D eigenvalue weighted by Crippen LogP contribution is 2.39. The number of H-pyrrole nitrogens is 1. The van der Waals surface area contributed by atoms with Gasteiger partial charge in [-0.15, -0.1) is 0 Å². The number of nitrogens with zero attached hydrogens (tertiary/aromatic N) is 2. The van der Waals surface area contributed by atoms with Crippen LogP contribution in [0.4, 0.5) is 5.69 Å². The molecule has 0 saturated carbocycles. The summed E-state index contributed by atoms with van der Waals surface area (Å²) in [7, 11) is 0. The number of hydrogen-bond donors (Lipinski definition) is 4. The minimum absolute atomic E-state index is 0.0262. The largest absolute Gasteiger partial charge is 0.481 e. The van der Waals surface area contributed by atoms with Crippen molar-refractivity contribution in [3.05, 3.63) is 100.0 Å². The molecule has 3 aromatic carbocycles. The lowest BCUT2D eigenvalue weighted by atomic mass is 9.98. The number of unbranched alkanes of at least 4 members (excludes halogenated alkanes) is 2. The summed E-state index contributed by atoms with van der Waals surface area (Å²) < 4.78 is 15.0. The standard InChI is InChI=1S/C37H44N4O7/c42-24-25-13-15-26(16-14-25)33-22-30(23-40-19-17-29(18-20-40)41-32-10-5-4-9-31(32)39-37(41)46)47-36(48-33)27-7-6-8-28(21-27)38-34(43)11-2-1-3-12-35(44)45/h4-10,13-16,21,29-30,33,36,42H,1-3,11-12,17-20,22-24H2,(H,38,43)(H,39,46)(H,44,45)/t30-,33+,36+/m0/s1. The molecule has 48 heavy (non-hydrogen) atoms. The number of piperidine rings is 1. The van der Waals surface area contributed by atoms with Crippen molar-refractivity contribution in [1.29, 1.82) is 0 Å². The van der Waals surface area contributed by atoms with Crippen LogP contribution in [0.3, 0.4) is 0 Å². The van der Waals surface area contributed by atoms with Crippen LogP contribution in [0.2, 0.25) is 0 Å². The van der Waals surface area contributed by atoms with Crippen molar-refractivity contribution in [3.8, 4) is 0 Å². The molecule has 2 fully saturated rings. The van der Waals surface area contributed by atoms with Crippen LogP contribution in [-0.2, 0) is 25.7 Å². The molecule has 4 N–H and O–H groups in total. The third-order valence-corrected chi connectivity index (χ3v) is 9.36. The van der Waals surface area contributed by atoms with Gasteiger partial charge >= 0.3 is 11.7 Å². The number of carbonyl (C=O) groups excluding carboxylic acids is 1. The molecule has 254 valence electrons. The maximum atomic E-state index is 12.8. The molecule has 4 aromatic rings. The second-order valence-electron chi connectivity index (χ2n) is 12.8. The van der Waals surface area contributed by atoms with Gasteiger partial charge in [0.2, 0.25) is 5.91 Å². The number of aromatic amines is 1. The monoisotopic (exact) mass is 656 g/mol. The van der Waals surface area contributed by atoms with Gasteiger partial charge in [-0.2, -0.15) is 0 Å². The first-order valence-corrected chi connectivity index (χ1v) is 16.9. The first kappa shape index (κ1) is 33.6. The van der Waals surface area contributed by atoms with Gasteiger partial charge in [0.25, 0.3) is 0 Å². The smallest absolute Gasteiger partial charge is 0.326 e. The highest BCUT2D eigenvalue weighted by molar-refractivity contribution is 5.90. The average Bonchev–Trinajstić information content (AvgIpc) is 3.44. The molecule has 0 unspecified atom stereocenters. The molecular weight excluding hydrogens is 612 g/mol. The number of anilines is 1. The molecule has 1 aromatic heterocycles. The van der Waals surface area contributed by atoms with Crippen molar-refractivity contribution < 1.29 is 29.3 Å². The molecule has 11 nitrogen and oxygen atoms in total. The highest BCUT2D eigenvalue weighted by atomic mass is 16.7. The van der Waals surface area contributed by atoms with E-state index in [0.29, 0.717) is 37.8 Å². The third kappa shape index (κ3) is 8.40. The summed E-state index contributed by atoms with van der Waals surface area (Å²) in [6.07, 6.45) is 3.69. The quantitative estimate of drug-likeness (QED) is 0.135. The van der Waals surface area contributed by atoms with Crippen LogP contribution < -0.4 is 11.0 Å². The van der Waals surface area contributed by atoms with E-state index < -0.39 is 12.3 Å². The van der Waals surface area contributed by atoms with Crippen molar-refractivity contribution >= 4 is 28.6 Å². The summed E-state index contributed by atoms with van der Waals surface area (Å²) in [5, 5.41) is 21.3. The molecule has 0 aliphatic carbocycles. The number of likely N-dealkylation sites (tertiary alicyclic amines) is 1. The van der Waals surface area contributed by atoms with Crippen LogP contribution in [0.15, 0.2) is 77.6 Å². The van der Waals surface area contributed by atoms with Gasteiger partial charge < -0.3 is 34.9 Å². The number of aliphatic carboxylic acids is 1. The van der Waals surface area contributed by atoms with Crippen molar-refractivity contribution in [2.24, 2.45) is 0 Å².